The average molecular weight is 266 g/mol. The Labute approximate surface area is 110 Å². The molecule has 5 nitrogen and oxygen atoms in total. The molecular weight excluding hydrogens is 254 g/mol. The first-order chi connectivity index (χ1) is 8.61. The van der Waals surface area contributed by atoms with Gasteiger partial charge in [-0.2, -0.15) is 5.26 Å². The van der Waals surface area contributed by atoms with Crippen LogP contribution in [-0.4, -0.2) is 18.0 Å². The zero-order chi connectivity index (χ0) is 13.1. The number of nitrogens with zero attached hydrogens (tertiary/aromatic N) is 3. The number of hydrogen-bond acceptors (Lipinski definition) is 4. The second-order valence-electron chi connectivity index (χ2n) is 4.28. The summed E-state index contributed by atoms with van der Waals surface area (Å²) in [7, 11) is 0. The van der Waals surface area contributed by atoms with Crippen molar-refractivity contribution in [3.8, 4) is 6.07 Å². The monoisotopic (exact) mass is 265 g/mol. The minimum absolute atomic E-state index is 0.00402. The molecule has 0 aromatic heterocycles. The predicted molar refractivity (Wildman–Crippen MR) is 68.7 cm³/mol. The summed E-state index contributed by atoms with van der Waals surface area (Å²) in [5, 5.41) is 19.8. The highest BCUT2D eigenvalue weighted by molar-refractivity contribution is 6.33. The van der Waals surface area contributed by atoms with Crippen LogP contribution in [0, 0.1) is 27.4 Å². The number of hydrogen-bond donors (Lipinski definition) is 0. The van der Waals surface area contributed by atoms with E-state index in [0.717, 1.165) is 31.6 Å². The van der Waals surface area contributed by atoms with Gasteiger partial charge in [0.05, 0.1) is 21.7 Å². The van der Waals surface area contributed by atoms with Gasteiger partial charge in [-0.1, -0.05) is 11.6 Å². The Kier molecular flexibility index (Phi) is 3.68. The van der Waals surface area contributed by atoms with Crippen molar-refractivity contribution in [1.82, 2.24) is 0 Å². The van der Waals surface area contributed by atoms with E-state index in [0.29, 0.717) is 5.02 Å². The first kappa shape index (κ1) is 12.7. The van der Waals surface area contributed by atoms with Gasteiger partial charge in [0.2, 0.25) is 0 Å². The lowest BCUT2D eigenvalue weighted by Crippen LogP contribution is -2.33. The van der Waals surface area contributed by atoms with E-state index in [1.807, 2.05) is 0 Å². The van der Waals surface area contributed by atoms with Crippen molar-refractivity contribution in [2.75, 3.05) is 18.0 Å². The molecule has 0 bridgehead atoms. The van der Waals surface area contributed by atoms with Gasteiger partial charge in [-0.25, -0.2) is 0 Å². The van der Waals surface area contributed by atoms with Crippen LogP contribution in [0.5, 0.6) is 0 Å². The molecule has 1 aliphatic heterocycles. The van der Waals surface area contributed by atoms with Crippen molar-refractivity contribution < 1.29 is 4.92 Å². The molecule has 0 aliphatic carbocycles. The fourth-order valence-corrected chi connectivity index (χ4v) is 2.41. The van der Waals surface area contributed by atoms with Crippen LogP contribution in [0.4, 0.5) is 11.4 Å². The maximum absolute atomic E-state index is 10.6. The summed E-state index contributed by atoms with van der Waals surface area (Å²) in [5.74, 6) is 0.109. The molecule has 1 heterocycles. The number of piperidine rings is 1. The summed E-state index contributed by atoms with van der Waals surface area (Å²) in [6.45, 7) is 1.52. The molecule has 1 fully saturated rings. The Morgan fingerprint density at radius 1 is 1.44 bits per heavy atom. The Bertz CT molecular complexity index is 505. The first-order valence-corrected chi connectivity index (χ1v) is 6.08. The van der Waals surface area contributed by atoms with Gasteiger partial charge >= 0.3 is 0 Å². The molecule has 1 aliphatic rings. The Balaban J connectivity index is 2.15. The van der Waals surface area contributed by atoms with Gasteiger partial charge in [0.25, 0.3) is 5.69 Å². The van der Waals surface area contributed by atoms with Crippen LogP contribution in [0.25, 0.3) is 0 Å². The molecule has 18 heavy (non-hydrogen) atoms. The van der Waals surface area contributed by atoms with E-state index in [1.54, 1.807) is 6.07 Å². The largest absolute Gasteiger partial charge is 0.370 e. The van der Waals surface area contributed by atoms with Crippen molar-refractivity contribution in [2.24, 2.45) is 5.92 Å². The minimum Gasteiger partial charge on any atom is -0.370 e. The maximum Gasteiger partial charge on any atom is 0.271 e. The molecule has 0 atom stereocenters. The fourth-order valence-electron chi connectivity index (χ4n) is 2.12. The molecular formula is C12H12ClN3O2. The molecule has 1 aromatic rings. The van der Waals surface area contributed by atoms with Crippen molar-refractivity contribution in [1.29, 1.82) is 5.26 Å². The van der Waals surface area contributed by atoms with Crippen LogP contribution < -0.4 is 4.90 Å². The molecule has 94 valence electrons. The molecule has 1 saturated heterocycles. The van der Waals surface area contributed by atoms with Crippen LogP contribution in [0.3, 0.4) is 0 Å². The van der Waals surface area contributed by atoms with Crippen molar-refractivity contribution in [3.63, 3.8) is 0 Å². The quantitative estimate of drug-likeness (QED) is 0.609. The third-order valence-corrected chi connectivity index (χ3v) is 3.46. The lowest BCUT2D eigenvalue weighted by molar-refractivity contribution is -0.384. The highest BCUT2D eigenvalue weighted by Gasteiger charge is 2.21. The van der Waals surface area contributed by atoms with Crippen LogP contribution in [0.2, 0.25) is 5.02 Å². The predicted octanol–water partition coefficient (Wildman–Crippen LogP) is 2.99. The maximum atomic E-state index is 10.6. The fraction of sp³-hybridized carbons (Fsp3) is 0.417. The van der Waals surface area contributed by atoms with Gasteiger partial charge in [-0.3, -0.25) is 10.1 Å². The van der Waals surface area contributed by atoms with E-state index in [4.69, 9.17) is 16.9 Å². The third-order valence-electron chi connectivity index (χ3n) is 3.16. The number of halogens is 1. The Morgan fingerprint density at radius 2 is 2.11 bits per heavy atom. The van der Waals surface area contributed by atoms with E-state index in [2.05, 4.69) is 11.0 Å². The van der Waals surface area contributed by atoms with E-state index >= 15 is 0 Å². The molecule has 2 rings (SSSR count). The SMILES string of the molecule is N#CC1CCN(c2ccc([N+](=O)[O-])cc2Cl)CC1. The number of rotatable bonds is 2. The zero-order valence-corrected chi connectivity index (χ0v) is 10.4. The van der Waals surface area contributed by atoms with Gasteiger partial charge in [0.15, 0.2) is 0 Å². The second-order valence-corrected chi connectivity index (χ2v) is 4.69. The van der Waals surface area contributed by atoms with Gasteiger partial charge in [-0.15, -0.1) is 0 Å². The summed E-state index contributed by atoms with van der Waals surface area (Å²) in [6, 6.07) is 6.76. The molecule has 0 spiro atoms. The first-order valence-electron chi connectivity index (χ1n) is 5.70. The van der Waals surface area contributed by atoms with Gasteiger partial charge in [0.1, 0.15) is 0 Å². The van der Waals surface area contributed by atoms with Crippen LogP contribution in [0.15, 0.2) is 18.2 Å². The van der Waals surface area contributed by atoms with E-state index in [1.165, 1.54) is 12.1 Å². The summed E-state index contributed by atoms with van der Waals surface area (Å²) >= 11 is 6.07. The summed E-state index contributed by atoms with van der Waals surface area (Å²) < 4.78 is 0. The molecule has 0 radical (unpaired) electrons. The van der Waals surface area contributed by atoms with Gasteiger partial charge < -0.3 is 4.90 Å². The number of non-ortho nitro benzene ring substituents is 1. The minimum atomic E-state index is -0.461. The molecule has 1 aromatic carbocycles. The topological polar surface area (TPSA) is 70.2 Å². The number of nitro groups is 1. The van der Waals surface area contributed by atoms with E-state index < -0.39 is 4.92 Å². The van der Waals surface area contributed by atoms with Crippen LogP contribution >= 0.6 is 11.6 Å². The summed E-state index contributed by atoms with van der Waals surface area (Å²) in [6.07, 6.45) is 1.62. The van der Waals surface area contributed by atoms with E-state index in [9.17, 15) is 10.1 Å². The normalized spacial score (nSPS) is 16.3. The van der Waals surface area contributed by atoms with Crippen molar-refractivity contribution >= 4 is 23.0 Å². The Hall–Kier alpha value is -1.80. The van der Waals surface area contributed by atoms with Gasteiger partial charge in [-0.05, 0) is 18.9 Å². The second kappa shape index (κ2) is 5.23. The lowest BCUT2D eigenvalue weighted by atomic mass is 9.98. The van der Waals surface area contributed by atoms with Crippen LogP contribution in [-0.2, 0) is 0 Å². The number of anilines is 1. The highest BCUT2D eigenvalue weighted by Crippen LogP contribution is 2.32. The Morgan fingerprint density at radius 3 is 2.61 bits per heavy atom. The van der Waals surface area contributed by atoms with Crippen LogP contribution in [0.1, 0.15) is 12.8 Å². The summed E-state index contributed by atoms with van der Waals surface area (Å²) in [4.78, 5) is 12.2. The number of nitro benzene ring substituents is 1. The summed E-state index contributed by atoms with van der Waals surface area (Å²) in [5.41, 5.74) is 0.800. The standard InChI is InChI=1S/C12H12ClN3O2/c13-11-7-10(16(17)18)1-2-12(11)15-5-3-9(8-14)4-6-15/h1-2,7,9H,3-6H2. The highest BCUT2D eigenvalue weighted by atomic mass is 35.5. The molecule has 0 unspecified atom stereocenters. The third kappa shape index (κ3) is 2.54. The van der Waals surface area contributed by atoms with Crippen molar-refractivity contribution in [3.05, 3.63) is 33.3 Å². The molecule has 6 heteroatoms. The lowest BCUT2D eigenvalue weighted by Gasteiger charge is -2.31. The molecule has 0 saturated carbocycles. The average Bonchev–Trinajstić information content (AvgIpc) is 2.38. The van der Waals surface area contributed by atoms with E-state index in [-0.39, 0.29) is 11.6 Å². The smallest absolute Gasteiger partial charge is 0.271 e. The molecule has 0 N–H and O–H groups in total. The zero-order valence-electron chi connectivity index (χ0n) is 9.67. The molecule has 0 amide bonds. The van der Waals surface area contributed by atoms with Gasteiger partial charge in [0, 0.05) is 31.1 Å². The number of nitriles is 1. The van der Waals surface area contributed by atoms with Crippen molar-refractivity contribution in [2.45, 2.75) is 12.8 Å². The number of benzene rings is 1.